The Kier molecular flexibility index (Phi) is 7.21. The van der Waals surface area contributed by atoms with Gasteiger partial charge in [-0.25, -0.2) is 0 Å². The van der Waals surface area contributed by atoms with E-state index in [1.54, 1.807) is 19.1 Å². The van der Waals surface area contributed by atoms with Gasteiger partial charge in [0.15, 0.2) is 6.61 Å². The number of rotatable bonds is 8. The summed E-state index contributed by atoms with van der Waals surface area (Å²) in [6.45, 7) is 2.49. The SMILES string of the molecule is CC(=O)NC(CC(=O)OCC(=O)Nc1cc([N+](=O)[O-])ccc1C)c1cccs1. The number of ether oxygens (including phenoxy) is 1. The summed E-state index contributed by atoms with van der Waals surface area (Å²) < 4.78 is 4.97. The summed E-state index contributed by atoms with van der Waals surface area (Å²) in [4.78, 5) is 46.5. The third-order valence-electron chi connectivity index (χ3n) is 3.71. The number of hydrogen-bond acceptors (Lipinski definition) is 7. The van der Waals surface area contributed by atoms with E-state index in [0.29, 0.717) is 5.56 Å². The van der Waals surface area contributed by atoms with Crippen LogP contribution in [0.1, 0.15) is 29.8 Å². The van der Waals surface area contributed by atoms with Crippen LogP contribution in [-0.4, -0.2) is 29.3 Å². The number of hydrogen-bond donors (Lipinski definition) is 2. The van der Waals surface area contributed by atoms with E-state index in [-0.39, 0.29) is 23.7 Å². The van der Waals surface area contributed by atoms with E-state index in [2.05, 4.69) is 10.6 Å². The maximum absolute atomic E-state index is 12.1. The fourth-order valence-electron chi connectivity index (χ4n) is 2.37. The van der Waals surface area contributed by atoms with Crippen LogP contribution in [0, 0.1) is 17.0 Å². The van der Waals surface area contributed by atoms with Crippen LogP contribution in [0.4, 0.5) is 11.4 Å². The third kappa shape index (κ3) is 6.16. The van der Waals surface area contributed by atoms with Crippen molar-refractivity contribution in [2.75, 3.05) is 11.9 Å². The Hall–Kier alpha value is -3.27. The van der Waals surface area contributed by atoms with Crippen molar-refractivity contribution in [1.82, 2.24) is 5.32 Å². The maximum atomic E-state index is 12.1. The summed E-state index contributed by atoms with van der Waals surface area (Å²) in [6.07, 6.45) is -0.122. The molecule has 1 aromatic heterocycles. The molecular formula is C18H19N3O6S. The molecule has 1 unspecified atom stereocenters. The lowest BCUT2D eigenvalue weighted by Crippen LogP contribution is -2.29. The second kappa shape index (κ2) is 9.60. The Balaban J connectivity index is 1.91. The maximum Gasteiger partial charge on any atom is 0.308 e. The van der Waals surface area contributed by atoms with Gasteiger partial charge in [-0.3, -0.25) is 24.5 Å². The summed E-state index contributed by atoms with van der Waals surface area (Å²) >= 11 is 1.39. The highest BCUT2D eigenvalue weighted by atomic mass is 32.1. The highest BCUT2D eigenvalue weighted by molar-refractivity contribution is 7.10. The molecule has 0 saturated carbocycles. The number of aryl methyl sites for hydroxylation is 1. The average Bonchev–Trinajstić information content (AvgIpc) is 3.15. The van der Waals surface area contributed by atoms with Crippen molar-refractivity contribution < 1.29 is 24.0 Å². The zero-order valence-corrected chi connectivity index (χ0v) is 16.1. The molecule has 0 aliphatic heterocycles. The molecule has 0 bridgehead atoms. The molecule has 28 heavy (non-hydrogen) atoms. The largest absolute Gasteiger partial charge is 0.455 e. The number of non-ortho nitro benzene ring substituents is 1. The predicted molar refractivity (Wildman–Crippen MR) is 103 cm³/mol. The molecule has 0 spiro atoms. The second-order valence-corrected chi connectivity index (χ2v) is 6.92. The van der Waals surface area contributed by atoms with Crippen molar-refractivity contribution in [3.8, 4) is 0 Å². The van der Waals surface area contributed by atoms with Gasteiger partial charge in [-0.05, 0) is 23.9 Å². The van der Waals surface area contributed by atoms with Gasteiger partial charge in [0, 0.05) is 23.9 Å². The molecule has 1 aromatic carbocycles. The van der Waals surface area contributed by atoms with Crippen LogP contribution in [0.3, 0.4) is 0 Å². The molecule has 1 atom stereocenters. The van der Waals surface area contributed by atoms with Gasteiger partial charge in [0.2, 0.25) is 5.91 Å². The van der Waals surface area contributed by atoms with Crippen molar-refractivity contribution in [2.24, 2.45) is 0 Å². The van der Waals surface area contributed by atoms with E-state index in [1.165, 1.54) is 36.5 Å². The predicted octanol–water partition coefficient (Wildman–Crippen LogP) is 2.71. The first kappa shape index (κ1) is 21.0. The number of amides is 2. The first-order valence-corrected chi connectivity index (χ1v) is 9.15. The number of esters is 1. The Morgan fingerprint density at radius 2 is 2.04 bits per heavy atom. The zero-order chi connectivity index (χ0) is 20.7. The Labute approximate surface area is 164 Å². The Morgan fingerprint density at radius 3 is 2.64 bits per heavy atom. The van der Waals surface area contributed by atoms with Crippen LogP contribution >= 0.6 is 11.3 Å². The molecule has 2 aromatic rings. The Morgan fingerprint density at radius 1 is 1.29 bits per heavy atom. The molecule has 1 heterocycles. The minimum atomic E-state index is -0.655. The number of carbonyl (C=O) groups is 3. The fourth-order valence-corrected chi connectivity index (χ4v) is 3.15. The molecule has 10 heteroatoms. The molecular weight excluding hydrogens is 386 g/mol. The van der Waals surface area contributed by atoms with Crippen molar-refractivity contribution in [3.05, 3.63) is 56.3 Å². The molecule has 0 aliphatic carbocycles. The lowest BCUT2D eigenvalue weighted by Gasteiger charge is -2.15. The first-order valence-electron chi connectivity index (χ1n) is 8.27. The molecule has 2 rings (SSSR count). The molecule has 0 aliphatic rings. The second-order valence-electron chi connectivity index (χ2n) is 5.94. The van der Waals surface area contributed by atoms with Gasteiger partial charge in [0.05, 0.1) is 23.1 Å². The van der Waals surface area contributed by atoms with E-state index in [9.17, 15) is 24.5 Å². The first-order chi connectivity index (χ1) is 13.3. The number of carbonyl (C=O) groups excluding carboxylic acids is 3. The molecule has 9 nitrogen and oxygen atoms in total. The number of nitro groups is 1. The summed E-state index contributed by atoms with van der Waals surface area (Å²) in [5, 5.41) is 17.8. The summed E-state index contributed by atoms with van der Waals surface area (Å²) in [5.41, 5.74) is 0.741. The lowest BCUT2D eigenvalue weighted by molar-refractivity contribution is -0.384. The van der Waals surface area contributed by atoms with Crippen LogP contribution in [0.15, 0.2) is 35.7 Å². The van der Waals surface area contributed by atoms with Gasteiger partial charge in [-0.2, -0.15) is 0 Å². The van der Waals surface area contributed by atoms with Crippen molar-refractivity contribution in [1.29, 1.82) is 0 Å². The number of nitro benzene ring substituents is 1. The molecule has 2 amide bonds. The minimum absolute atomic E-state index is 0.122. The molecule has 0 fully saturated rings. The molecule has 0 saturated heterocycles. The monoisotopic (exact) mass is 405 g/mol. The van der Waals surface area contributed by atoms with Gasteiger partial charge in [0.25, 0.3) is 11.6 Å². The average molecular weight is 405 g/mol. The van der Waals surface area contributed by atoms with E-state index in [1.807, 2.05) is 5.38 Å². The Bertz CT molecular complexity index is 881. The number of nitrogens with one attached hydrogen (secondary N) is 2. The normalized spacial score (nSPS) is 11.4. The van der Waals surface area contributed by atoms with Crippen LogP contribution in [0.2, 0.25) is 0 Å². The van der Waals surface area contributed by atoms with Gasteiger partial charge in [-0.15, -0.1) is 11.3 Å². The van der Waals surface area contributed by atoms with E-state index >= 15 is 0 Å². The highest BCUT2D eigenvalue weighted by Crippen LogP contribution is 2.23. The third-order valence-corrected chi connectivity index (χ3v) is 4.69. The minimum Gasteiger partial charge on any atom is -0.455 e. The summed E-state index contributed by atoms with van der Waals surface area (Å²) in [7, 11) is 0. The molecule has 148 valence electrons. The van der Waals surface area contributed by atoms with Crippen LogP contribution in [-0.2, 0) is 19.1 Å². The lowest BCUT2D eigenvalue weighted by atomic mass is 10.1. The quantitative estimate of drug-likeness (QED) is 0.395. The van der Waals surface area contributed by atoms with Crippen LogP contribution in [0.25, 0.3) is 0 Å². The van der Waals surface area contributed by atoms with Gasteiger partial charge in [0.1, 0.15) is 0 Å². The van der Waals surface area contributed by atoms with E-state index < -0.39 is 29.4 Å². The van der Waals surface area contributed by atoms with Gasteiger partial charge >= 0.3 is 5.97 Å². The van der Waals surface area contributed by atoms with Crippen LogP contribution in [0.5, 0.6) is 0 Å². The summed E-state index contributed by atoms with van der Waals surface area (Å²) in [5.74, 6) is -1.56. The topological polar surface area (TPSA) is 128 Å². The molecule has 0 radical (unpaired) electrons. The number of nitrogens with zero attached hydrogens (tertiary/aromatic N) is 1. The van der Waals surface area contributed by atoms with E-state index in [0.717, 1.165) is 4.88 Å². The molecule has 2 N–H and O–H groups in total. The number of thiophene rings is 1. The zero-order valence-electron chi connectivity index (χ0n) is 15.3. The smallest absolute Gasteiger partial charge is 0.308 e. The van der Waals surface area contributed by atoms with E-state index in [4.69, 9.17) is 4.74 Å². The highest BCUT2D eigenvalue weighted by Gasteiger charge is 2.20. The fraction of sp³-hybridized carbons (Fsp3) is 0.278. The van der Waals surface area contributed by atoms with Crippen molar-refractivity contribution in [2.45, 2.75) is 26.3 Å². The van der Waals surface area contributed by atoms with Gasteiger partial charge in [-0.1, -0.05) is 12.1 Å². The number of benzene rings is 1. The van der Waals surface area contributed by atoms with Gasteiger partial charge < -0.3 is 15.4 Å². The van der Waals surface area contributed by atoms with Crippen molar-refractivity contribution in [3.63, 3.8) is 0 Å². The number of anilines is 1. The standard InChI is InChI=1S/C18H19N3O6S/c1-11-5-6-13(21(25)26)8-14(11)20-17(23)10-27-18(24)9-15(19-12(2)22)16-4-3-7-28-16/h3-8,15H,9-10H2,1-2H3,(H,19,22)(H,20,23). The van der Waals surface area contributed by atoms with Crippen molar-refractivity contribution >= 4 is 40.5 Å². The summed E-state index contributed by atoms with van der Waals surface area (Å²) in [6, 6.07) is 7.13. The van der Waals surface area contributed by atoms with Crippen LogP contribution < -0.4 is 10.6 Å².